The molecule has 0 radical (unpaired) electrons. The summed E-state index contributed by atoms with van der Waals surface area (Å²) in [5.74, 6) is 0.175. The number of ether oxygens (including phenoxy) is 1. The van der Waals surface area contributed by atoms with Crippen LogP contribution in [0.2, 0.25) is 0 Å². The molecule has 0 unspecified atom stereocenters. The van der Waals surface area contributed by atoms with E-state index in [4.69, 9.17) is 4.74 Å². The Kier molecular flexibility index (Phi) is 3.22. The highest BCUT2D eigenvalue weighted by molar-refractivity contribution is 6.01. The first-order valence-electron chi connectivity index (χ1n) is 6.82. The number of methoxy groups -OCH3 is 1. The van der Waals surface area contributed by atoms with Crippen molar-refractivity contribution in [2.75, 3.05) is 12.4 Å². The van der Waals surface area contributed by atoms with Crippen molar-refractivity contribution in [3.05, 3.63) is 68.1 Å². The highest BCUT2D eigenvalue weighted by atomic mass is 16.5. The van der Waals surface area contributed by atoms with Crippen LogP contribution in [0.3, 0.4) is 0 Å². The van der Waals surface area contributed by atoms with Crippen LogP contribution in [0.1, 0.15) is 24.5 Å². The summed E-state index contributed by atoms with van der Waals surface area (Å²) < 4.78 is 5.08. The molecule has 106 valence electrons. The van der Waals surface area contributed by atoms with Gasteiger partial charge in [0.1, 0.15) is 0 Å². The van der Waals surface area contributed by atoms with Gasteiger partial charge < -0.3 is 10.1 Å². The number of anilines is 1. The lowest BCUT2D eigenvalue weighted by atomic mass is 9.88. The number of fused-ring (bicyclic) bond motifs is 1. The van der Waals surface area contributed by atoms with E-state index in [0.717, 1.165) is 22.4 Å². The van der Waals surface area contributed by atoms with E-state index in [1.165, 1.54) is 7.11 Å². The molecule has 0 saturated carbocycles. The van der Waals surface area contributed by atoms with Crippen molar-refractivity contribution in [2.45, 2.75) is 13.3 Å². The smallest absolute Gasteiger partial charge is 0.268 e. The lowest BCUT2D eigenvalue weighted by Gasteiger charge is -2.20. The molecule has 0 spiro atoms. The standard InChI is InChI=1S/C17H15NO3/c1-3-10(14-15(19)16(20)17(14)21-2)11-8-9-18-13-7-5-4-6-12(11)13/h4-9,18H,3H2,1-2H3. The van der Waals surface area contributed by atoms with E-state index in [9.17, 15) is 9.59 Å². The number of para-hydroxylation sites is 1. The van der Waals surface area contributed by atoms with E-state index in [0.29, 0.717) is 12.0 Å². The third kappa shape index (κ3) is 1.91. The normalized spacial score (nSPS) is 15.5. The molecule has 1 N–H and O–H groups in total. The van der Waals surface area contributed by atoms with Crippen LogP contribution in [0.4, 0.5) is 5.69 Å². The van der Waals surface area contributed by atoms with Crippen LogP contribution in [-0.4, -0.2) is 7.11 Å². The van der Waals surface area contributed by atoms with E-state index >= 15 is 0 Å². The van der Waals surface area contributed by atoms with Gasteiger partial charge in [-0.25, -0.2) is 0 Å². The van der Waals surface area contributed by atoms with E-state index in [1.54, 1.807) is 0 Å². The van der Waals surface area contributed by atoms with Crippen LogP contribution in [0.15, 0.2) is 46.1 Å². The van der Waals surface area contributed by atoms with Crippen LogP contribution in [-0.2, 0) is 0 Å². The third-order valence-electron chi connectivity index (χ3n) is 3.76. The number of benzene rings is 1. The second-order valence-corrected chi connectivity index (χ2v) is 4.84. The maximum atomic E-state index is 11.9. The Hall–Kier alpha value is -2.62. The second-order valence-electron chi connectivity index (χ2n) is 4.84. The summed E-state index contributed by atoms with van der Waals surface area (Å²) >= 11 is 0. The topological polar surface area (TPSA) is 55.4 Å². The zero-order valence-corrected chi connectivity index (χ0v) is 11.9. The van der Waals surface area contributed by atoms with Gasteiger partial charge in [-0.2, -0.15) is 0 Å². The van der Waals surface area contributed by atoms with Crippen LogP contribution < -0.4 is 20.9 Å². The summed E-state index contributed by atoms with van der Waals surface area (Å²) in [6.45, 7) is 1.97. The molecule has 0 amide bonds. The summed E-state index contributed by atoms with van der Waals surface area (Å²) in [6, 6.07) is 7.87. The molecule has 1 aliphatic rings. The van der Waals surface area contributed by atoms with Gasteiger partial charge in [0.15, 0.2) is 5.75 Å². The minimum Gasteiger partial charge on any atom is -0.492 e. The Morgan fingerprint density at radius 3 is 2.67 bits per heavy atom. The van der Waals surface area contributed by atoms with Gasteiger partial charge in [-0.15, -0.1) is 0 Å². The average Bonchev–Trinajstić information content (AvgIpc) is 2.54. The van der Waals surface area contributed by atoms with E-state index in [2.05, 4.69) is 5.32 Å². The molecular formula is C17H15NO3. The monoisotopic (exact) mass is 281 g/mol. The second kappa shape index (κ2) is 5.05. The molecule has 4 nitrogen and oxygen atoms in total. The first-order chi connectivity index (χ1) is 10.2. The molecule has 0 aliphatic carbocycles. The quantitative estimate of drug-likeness (QED) is 0.878. The molecule has 0 fully saturated rings. The Morgan fingerprint density at radius 1 is 1.19 bits per heavy atom. The average molecular weight is 281 g/mol. The van der Waals surface area contributed by atoms with E-state index < -0.39 is 10.9 Å². The molecular weight excluding hydrogens is 266 g/mol. The summed E-state index contributed by atoms with van der Waals surface area (Å²) in [5, 5.41) is 3.18. The van der Waals surface area contributed by atoms with Crippen molar-refractivity contribution < 1.29 is 4.74 Å². The molecule has 1 aliphatic heterocycles. The molecule has 0 aromatic heterocycles. The van der Waals surface area contributed by atoms with Crippen LogP contribution in [0.25, 0.3) is 11.1 Å². The SMILES string of the molecule is CCC(=C1C=CNc2ccccc21)c1c(OC)c(=O)c1=O. The van der Waals surface area contributed by atoms with Crippen molar-refractivity contribution in [3.8, 4) is 5.75 Å². The van der Waals surface area contributed by atoms with E-state index in [1.807, 2.05) is 43.5 Å². The minimum atomic E-state index is -0.537. The van der Waals surface area contributed by atoms with Gasteiger partial charge in [0.05, 0.1) is 12.7 Å². The van der Waals surface area contributed by atoms with Crippen molar-refractivity contribution in [1.82, 2.24) is 0 Å². The van der Waals surface area contributed by atoms with Gasteiger partial charge in [-0.05, 0) is 29.7 Å². The molecule has 2 aromatic rings. The lowest BCUT2D eigenvalue weighted by Crippen LogP contribution is -2.36. The van der Waals surface area contributed by atoms with Crippen LogP contribution in [0.5, 0.6) is 5.75 Å². The summed E-state index contributed by atoms with van der Waals surface area (Å²) in [7, 11) is 1.42. The fourth-order valence-electron chi connectivity index (χ4n) is 2.75. The number of hydrogen-bond donors (Lipinski definition) is 1. The van der Waals surface area contributed by atoms with Gasteiger partial charge in [-0.1, -0.05) is 25.1 Å². The Morgan fingerprint density at radius 2 is 1.95 bits per heavy atom. The molecule has 21 heavy (non-hydrogen) atoms. The first kappa shape index (κ1) is 13.4. The van der Waals surface area contributed by atoms with Crippen LogP contribution >= 0.6 is 0 Å². The Bertz CT molecular complexity index is 836. The molecule has 4 heteroatoms. The molecule has 0 saturated heterocycles. The third-order valence-corrected chi connectivity index (χ3v) is 3.76. The fourth-order valence-corrected chi connectivity index (χ4v) is 2.75. The van der Waals surface area contributed by atoms with Crippen molar-refractivity contribution in [1.29, 1.82) is 0 Å². The zero-order valence-electron chi connectivity index (χ0n) is 11.9. The molecule has 2 aromatic carbocycles. The largest absolute Gasteiger partial charge is 0.492 e. The molecule has 0 atom stereocenters. The van der Waals surface area contributed by atoms with Crippen molar-refractivity contribution in [3.63, 3.8) is 0 Å². The predicted octanol–water partition coefficient (Wildman–Crippen LogP) is 2.55. The lowest BCUT2D eigenvalue weighted by molar-refractivity contribution is 0.403. The summed E-state index contributed by atoms with van der Waals surface area (Å²) in [4.78, 5) is 23.5. The fraction of sp³-hybridized carbons (Fsp3) is 0.176. The van der Waals surface area contributed by atoms with Crippen LogP contribution in [0, 0.1) is 0 Å². The first-order valence-corrected chi connectivity index (χ1v) is 6.82. The number of rotatable bonds is 3. The number of nitrogens with one attached hydrogen (secondary N) is 1. The predicted molar refractivity (Wildman–Crippen MR) is 84.2 cm³/mol. The minimum absolute atomic E-state index is 0.175. The van der Waals surface area contributed by atoms with Gasteiger partial charge in [0.25, 0.3) is 5.43 Å². The number of allylic oxidation sites excluding steroid dienone is 3. The molecule has 0 bridgehead atoms. The van der Waals surface area contributed by atoms with Gasteiger partial charge in [0.2, 0.25) is 5.43 Å². The zero-order chi connectivity index (χ0) is 15.0. The highest BCUT2D eigenvalue weighted by Crippen LogP contribution is 2.37. The van der Waals surface area contributed by atoms with Gasteiger partial charge in [-0.3, -0.25) is 9.59 Å². The van der Waals surface area contributed by atoms with Gasteiger partial charge >= 0.3 is 0 Å². The summed E-state index contributed by atoms with van der Waals surface area (Å²) in [5.41, 5.74) is 3.23. The van der Waals surface area contributed by atoms with Crippen molar-refractivity contribution in [2.24, 2.45) is 0 Å². The Labute approximate surface area is 122 Å². The van der Waals surface area contributed by atoms with Gasteiger partial charge in [0, 0.05) is 17.5 Å². The summed E-state index contributed by atoms with van der Waals surface area (Å²) in [6.07, 6.45) is 4.41. The van der Waals surface area contributed by atoms with Crippen molar-refractivity contribution >= 4 is 16.8 Å². The Balaban J connectivity index is 2.26. The maximum absolute atomic E-state index is 11.9. The van der Waals surface area contributed by atoms with E-state index in [-0.39, 0.29) is 5.75 Å². The molecule has 1 heterocycles. The molecule has 3 rings (SSSR count). The number of hydrogen-bond acceptors (Lipinski definition) is 4. The maximum Gasteiger partial charge on any atom is 0.268 e. The highest BCUT2D eigenvalue weighted by Gasteiger charge is 2.26.